The number of morpholine rings is 1. The highest BCUT2D eigenvalue weighted by molar-refractivity contribution is 5.87. The maximum absolute atomic E-state index is 13.9. The number of ether oxygens (including phenoxy) is 1. The van der Waals surface area contributed by atoms with Crippen LogP contribution in [0.25, 0.3) is 11.4 Å². The molecule has 0 unspecified atom stereocenters. The fourth-order valence-electron chi connectivity index (χ4n) is 5.82. The molecular formula is C30H43F2N11O3. The first-order valence-corrected chi connectivity index (χ1v) is 15.8. The second-order valence-electron chi connectivity index (χ2n) is 12.0. The van der Waals surface area contributed by atoms with Crippen molar-refractivity contribution < 1.29 is 23.1 Å². The first-order valence-electron chi connectivity index (χ1n) is 15.8. The first-order chi connectivity index (χ1) is 22.2. The molecule has 0 radical (unpaired) electrons. The molecule has 5 rings (SSSR count). The summed E-state index contributed by atoms with van der Waals surface area (Å²) in [6, 6.07) is 0. The largest absolute Gasteiger partial charge is 0.378 e. The van der Waals surface area contributed by atoms with Crippen molar-refractivity contribution in [2.45, 2.75) is 32.1 Å². The van der Waals surface area contributed by atoms with Gasteiger partial charge in [-0.15, -0.1) is 0 Å². The predicted octanol–water partition coefficient (Wildman–Crippen LogP) is 1.47. The molecule has 2 amide bonds. The number of piperazine rings is 1. The van der Waals surface area contributed by atoms with Gasteiger partial charge in [-0.1, -0.05) is 6.08 Å². The van der Waals surface area contributed by atoms with Crippen molar-refractivity contribution in [2.75, 3.05) is 102 Å². The number of carbonyl (C=O) groups is 2. The Hall–Kier alpha value is -4.05. The lowest BCUT2D eigenvalue weighted by molar-refractivity contribution is -0.132. The molecule has 0 aliphatic carbocycles. The Kier molecular flexibility index (Phi) is 11.2. The number of amides is 2. The van der Waals surface area contributed by atoms with Crippen molar-refractivity contribution in [3.8, 4) is 11.4 Å². The molecule has 3 aliphatic heterocycles. The number of likely N-dealkylation sites (tertiary alicyclic amines) is 1. The van der Waals surface area contributed by atoms with Crippen molar-refractivity contribution in [2.24, 2.45) is 5.92 Å². The molecule has 5 heterocycles. The first kappa shape index (κ1) is 33.3. The molecular weight excluding hydrogens is 600 g/mol. The van der Waals surface area contributed by atoms with Gasteiger partial charge >= 0.3 is 0 Å². The third-order valence-electron chi connectivity index (χ3n) is 8.53. The van der Waals surface area contributed by atoms with Crippen LogP contribution in [0, 0.1) is 5.92 Å². The maximum Gasteiger partial charge on any atom is 0.281 e. The summed E-state index contributed by atoms with van der Waals surface area (Å²) >= 11 is 0. The number of alkyl halides is 2. The van der Waals surface area contributed by atoms with E-state index in [4.69, 9.17) is 15.5 Å². The zero-order valence-corrected chi connectivity index (χ0v) is 26.5. The number of aromatic nitrogens is 5. The predicted molar refractivity (Wildman–Crippen MR) is 168 cm³/mol. The Balaban J connectivity index is 1.18. The van der Waals surface area contributed by atoms with E-state index in [9.17, 15) is 18.4 Å². The molecule has 0 aromatic carbocycles. The average Bonchev–Trinajstić information content (AvgIpc) is 3.07. The van der Waals surface area contributed by atoms with Gasteiger partial charge in [-0.3, -0.25) is 9.59 Å². The number of carbonyl (C=O) groups excluding carboxylic acids is 2. The lowest BCUT2D eigenvalue weighted by Crippen LogP contribution is -2.49. The van der Waals surface area contributed by atoms with E-state index in [2.05, 4.69) is 19.9 Å². The van der Waals surface area contributed by atoms with E-state index >= 15 is 0 Å². The van der Waals surface area contributed by atoms with E-state index in [0.29, 0.717) is 89.8 Å². The van der Waals surface area contributed by atoms with Crippen LogP contribution in [0.4, 0.5) is 26.6 Å². The van der Waals surface area contributed by atoms with Crippen LogP contribution >= 0.6 is 0 Å². The summed E-state index contributed by atoms with van der Waals surface area (Å²) in [4.78, 5) is 56.6. The van der Waals surface area contributed by atoms with Crippen LogP contribution in [0.1, 0.15) is 37.8 Å². The highest BCUT2D eigenvalue weighted by atomic mass is 19.3. The monoisotopic (exact) mass is 643 g/mol. The third kappa shape index (κ3) is 8.60. The molecule has 250 valence electrons. The number of hydrogen-bond acceptors (Lipinski definition) is 12. The minimum Gasteiger partial charge on any atom is -0.378 e. The van der Waals surface area contributed by atoms with Gasteiger partial charge in [-0.05, 0) is 39.3 Å². The Morgan fingerprint density at radius 3 is 2.24 bits per heavy atom. The molecule has 3 fully saturated rings. The van der Waals surface area contributed by atoms with Gasteiger partial charge in [-0.2, -0.15) is 15.0 Å². The van der Waals surface area contributed by atoms with Gasteiger partial charge < -0.3 is 35.0 Å². The van der Waals surface area contributed by atoms with E-state index < -0.39 is 12.1 Å². The Bertz CT molecular complexity index is 1370. The summed E-state index contributed by atoms with van der Waals surface area (Å²) in [5.41, 5.74) is 5.04. The topological polar surface area (TPSA) is 150 Å². The van der Waals surface area contributed by atoms with Crippen LogP contribution in [0.2, 0.25) is 0 Å². The minimum atomic E-state index is -2.90. The molecule has 14 nitrogen and oxygen atoms in total. The van der Waals surface area contributed by atoms with Gasteiger partial charge in [-0.25, -0.2) is 18.7 Å². The van der Waals surface area contributed by atoms with Gasteiger partial charge in [0.25, 0.3) is 6.43 Å². The van der Waals surface area contributed by atoms with Crippen molar-refractivity contribution in [3.05, 3.63) is 24.0 Å². The number of piperidine rings is 1. The van der Waals surface area contributed by atoms with Crippen molar-refractivity contribution in [1.29, 1.82) is 0 Å². The highest BCUT2D eigenvalue weighted by Gasteiger charge is 2.28. The number of hydrogen-bond donors (Lipinski definition) is 1. The van der Waals surface area contributed by atoms with Crippen molar-refractivity contribution >= 4 is 29.7 Å². The Morgan fingerprint density at radius 2 is 1.61 bits per heavy atom. The fourth-order valence-corrected chi connectivity index (χ4v) is 5.82. The lowest BCUT2D eigenvalue weighted by Gasteiger charge is -2.36. The number of anilines is 3. The molecule has 0 saturated carbocycles. The zero-order valence-electron chi connectivity index (χ0n) is 26.5. The van der Waals surface area contributed by atoms with Crippen molar-refractivity contribution in [3.63, 3.8) is 0 Å². The molecule has 0 spiro atoms. The summed E-state index contributed by atoms with van der Waals surface area (Å²) in [5.74, 6) is 1.05. The quantitative estimate of drug-likeness (QED) is 0.374. The molecule has 46 heavy (non-hydrogen) atoms. The van der Waals surface area contributed by atoms with Gasteiger partial charge in [0.1, 0.15) is 5.69 Å². The molecule has 3 aliphatic rings. The second kappa shape index (κ2) is 15.5. The fraction of sp³-hybridized carbons (Fsp3) is 0.633. The van der Waals surface area contributed by atoms with E-state index in [1.165, 1.54) is 6.20 Å². The smallest absolute Gasteiger partial charge is 0.281 e. The van der Waals surface area contributed by atoms with Crippen molar-refractivity contribution in [1.82, 2.24) is 39.6 Å². The van der Waals surface area contributed by atoms with Crippen LogP contribution in [0.5, 0.6) is 0 Å². The molecule has 0 atom stereocenters. The minimum absolute atomic E-state index is 0.00726. The van der Waals surface area contributed by atoms with Crippen LogP contribution in [0.15, 0.2) is 18.3 Å². The van der Waals surface area contributed by atoms with Gasteiger partial charge in [0.2, 0.25) is 29.7 Å². The summed E-state index contributed by atoms with van der Waals surface area (Å²) in [6.07, 6.45) is 4.91. The molecule has 2 aromatic rings. The van der Waals surface area contributed by atoms with Gasteiger partial charge in [0.05, 0.1) is 18.8 Å². The highest BCUT2D eigenvalue weighted by Crippen LogP contribution is 2.30. The zero-order chi connectivity index (χ0) is 32.6. The summed E-state index contributed by atoms with van der Waals surface area (Å²) in [6.45, 7) is 6.20. The Morgan fingerprint density at radius 1 is 0.957 bits per heavy atom. The second-order valence-corrected chi connectivity index (χ2v) is 12.0. The average molecular weight is 644 g/mol. The van der Waals surface area contributed by atoms with Gasteiger partial charge in [0, 0.05) is 77.6 Å². The molecule has 2 aromatic heterocycles. The number of nitrogens with two attached hydrogens (primary N) is 1. The molecule has 3 saturated heterocycles. The van der Waals surface area contributed by atoms with E-state index in [1.54, 1.807) is 6.08 Å². The van der Waals surface area contributed by atoms with E-state index in [1.807, 2.05) is 44.7 Å². The molecule has 0 bridgehead atoms. The van der Waals surface area contributed by atoms with Crippen LogP contribution in [0.3, 0.4) is 0 Å². The van der Waals surface area contributed by atoms with Crippen LogP contribution in [-0.2, 0) is 14.3 Å². The summed E-state index contributed by atoms with van der Waals surface area (Å²) in [7, 11) is 3.92. The van der Waals surface area contributed by atoms with E-state index in [-0.39, 0.29) is 29.2 Å². The number of nitrogens with zero attached hydrogens (tertiary/aromatic N) is 10. The number of rotatable bonds is 10. The summed E-state index contributed by atoms with van der Waals surface area (Å²) < 4.78 is 33.3. The SMILES string of the molecule is CN(C)C/C=C/C(=O)N1CCC(CCC(=O)N2CCN(c3nc(-c4cnc(N)nc4C(F)F)nc(N4CCOCC4)n3)CC2)CC1. The molecule has 2 N–H and O–H groups in total. The number of likely N-dealkylation sites (N-methyl/N-ethyl adjacent to an activating group) is 1. The maximum atomic E-state index is 13.9. The van der Waals surface area contributed by atoms with E-state index in [0.717, 1.165) is 25.8 Å². The number of halogens is 2. The normalized spacial score (nSPS) is 18.3. The third-order valence-corrected chi connectivity index (χ3v) is 8.53. The van der Waals surface area contributed by atoms with Crippen LogP contribution < -0.4 is 15.5 Å². The summed E-state index contributed by atoms with van der Waals surface area (Å²) in [5, 5.41) is 0. The standard InChI is InChI=1S/C30H43F2N11O3/c1-39(2)9-3-4-23(44)40-10-7-21(8-11-40)5-6-24(45)41-12-14-42(15-13-41)29-36-27(22-20-34-28(33)35-25(22)26(31)32)37-30(38-29)43-16-18-46-19-17-43/h3-4,20-21,26H,5-19H2,1-2H3,(H2,33,34,35)/b4-3+. The van der Waals surface area contributed by atoms with Crippen LogP contribution in [-0.4, -0.2) is 138 Å². The number of nitrogen functional groups attached to an aromatic ring is 1. The Labute approximate surface area is 267 Å². The lowest BCUT2D eigenvalue weighted by atomic mass is 9.92. The molecule has 16 heteroatoms. The van der Waals surface area contributed by atoms with Gasteiger partial charge in [0.15, 0.2) is 5.82 Å².